The number of esters is 1. The van der Waals surface area contributed by atoms with Crippen molar-refractivity contribution in [2.45, 2.75) is 25.2 Å². The minimum absolute atomic E-state index is 0.0992. The molecule has 1 aromatic carbocycles. The first-order chi connectivity index (χ1) is 13.0. The molecule has 0 atom stereocenters. The van der Waals surface area contributed by atoms with Crippen LogP contribution in [0.4, 0.5) is 10.7 Å². The monoisotopic (exact) mass is 404 g/mol. The van der Waals surface area contributed by atoms with Gasteiger partial charge in [0.05, 0.1) is 23.6 Å². The number of aryl methyl sites for hydroxylation is 1. The molecule has 2 amide bonds. The molecule has 0 fully saturated rings. The Morgan fingerprint density at radius 1 is 1.26 bits per heavy atom. The summed E-state index contributed by atoms with van der Waals surface area (Å²) in [6.45, 7) is 3.88. The Bertz CT molecular complexity index is 878. The molecule has 3 rings (SSSR count). The molecule has 2 heterocycles. The molecule has 0 saturated carbocycles. The van der Waals surface area contributed by atoms with Crippen molar-refractivity contribution >= 4 is 51.6 Å². The van der Waals surface area contributed by atoms with E-state index >= 15 is 0 Å². The third kappa shape index (κ3) is 4.33. The molecule has 8 heteroatoms. The van der Waals surface area contributed by atoms with Crippen LogP contribution in [0.25, 0.3) is 0 Å². The summed E-state index contributed by atoms with van der Waals surface area (Å²) >= 11 is 2.82. The lowest BCUT2D eigenvalue weighted by Crippen LogP contribution is -2.41. The van der Waals surface area contributed by atoms with E-state index in [1.165, 1.54) is 28.0 Å². The van der Waals surface area contributed by atoms with Gasteiger partial charge in [0, 0.05) is 9.77 Å². The number of carbonyl (C=O) groups excluding carboxylic acids is 3. The Morgan fingerprint density at radius 3 is 2.78 bits per heavy atom. The number of amides is 2. The maximum absolute atomic E-state index is 12.6. The first-order valence-corrected chi connectivity index (χ1v) is 10.5. The first-order valence-electron chi connectivity index (χ1n) is 8.65. The van der Waals surface area contributed by atoms with E-state index in [9.17, 15) is 14.4 Å². The minimum atomic E-state index is -0.459. The highest BCUT2D eigenvalue weighted by Gasteiger charge is 2.27. The number of carbonyl (C=O) groups is 3. The van der Waals surface area contributed by atoms with E-state index in [4.69, 9.17) is 4.74 Å². The molecule has 1 aliphatic heterocycles. The molecule has 0 radical (unpaired) electrons. The molecule has 0 unspecified atom stereocenters. The number of para-hydroxylation sites is 1. The van der Waals surface area contributed by atoms with Crippen LogP contribution in [0.2, 0.25) is 0 Å². The average molecular weight is 405 g/mol. The van der Waals surface area contributed by atoms with Gasteiger partial charge in [-0.3, -0.25) is 9.59 Å². The van der Waals surface area contributed by atoms with Crippen LogP contribution in [0.15, 0.2) is 35.2 Å². The van der Waals surface area contributed by atoms with Crippen LogP contribution < -0.4 is 10.2 Å². The van der Waals surface area contributed by atoms with Crippen LogP contribution in [0.1, 0.15) is 29.1 Å². The molecule has 6 nitrogen and oxygen atoms in total. The van der Waals surface area contributed by atoms with Gasteiger partial charge in [-0.15, -0.1) is 23.1 Å². The van der Waals surface area contributed by atoms with E-state index in [2.05, 4.69) is 5.32 Å². The summed E-state index contributed by atoms with van der Waals surface area (Å²) < 4.78 is 5.07. The predicted molar refractivity (Wildman–Crippen MR) is 108 cm³/mol. The van der Waals surface area contributed by atoms with E-state index < -0.39 is 5.97 Å². The second-order valence-corrected chi connectivity index (χ2v) is 7.97. The van der Waals surface area contributed by atoms with Crippen molar-refractivity contribution in [1.82, 2.24) is 0 Å². The van der Waals surface area contributed by atoms with Crippen molar-refractivity contribution in [1.29, 1.82) is 0 Å². The molecule has 0 aliphatic carbocycles. The summed E-state index contributed by atoms with van der Waals surface area (Å²) in [5.74, 6) is -0.614. The second-order valence-electron chi connectivity index (χ2n) is 5.81. The van der Waals surface area contributed by atoms with Crippen molar-refractivity contribution in [2.24, 2.45) is 0 Å². The number of rotatable bonds is 6. The largest absolute Gasteiger partial charge is 0.462 e. The lowest BCUT2D eigenvalue weighted by atomic mass is 10.2. The van der Waals surface area contributed by atoms with Crippen LogP contribution in [0.3, 0.4) is 0 Å². The Labute approximate surface area is 165 Å². The molecule has 142 valence electrons. The summed E-state index contributed by atoms with van der Waals surface area (Å²) in [5, 5.41) is 3.24. The highest BCUT2D eigenvalue weighted by atomic mass is 32.2. The molecule has 1 N–H and O–H groups in total. The zero-order valence-electron chi connectivity index (χ0n) is 15.1. The van der Waals surface area contributed by atoms with Gasteiger partial charge < -0.3 is 15.0 Å². The van der Waals surface area contributed by atoms with Crippen molar-refractivity contribution in [2.75, 3.05) is 29.1 Å². The highest BCUT2D eigenvalue weighted by Crippen LogP contribution is 2.35. The van der Waals surface area contributed by atoms with Crippen molar-refractivity contribution in [3.8, 4) is 0 Å². The molecular weight excluding hydrogens is 384 g/mol. The van der Waals surface area contributed by atoms with E-state index in [-0.39, 0.29) is 25.0 Å². The number of ether oxygens (including phenoxy) is 1. The maximum Gasteiger partial charge on any atom is 0.341 e. The summed E-state index contributed by atoms with van der Waals surface area (Å²) in [6, 6.07) is 9.26. The third-order valence-electron chi connectivity index (χ3n) is 3.99. The summed E-state index contributed by atoms with van der Waals surface area (Å²) in [5.41, 5.74) is 1.09. The lowest BCUT2D eigenvalue weighted by molar-refractivity contribution is -0.120. The van der Waals surface area contributed by atoms with E-state index in [0.717, 1.165) is 21.9 Å². The highest BCUT2D eigenvalue weighted by molar-refractivity contribution is 8.00. The number of thioether (sulfide) groups is 1. The SMILES string of the molecule is CCOC(=O)c1cc(CC)sc1NC(=O)CN1C(=O)CSc2ccccc21. The van der Waals surface area contributed by atoms with Crippen LogP contribution >= 0.6 is 23.1 Å². The van der Waals surface area contributed by atoms with E-state index in [1.54, 1.807) is 13.0 Å². The standard InChI is InChI=1S/C19H20N2O4S2/c1-3-12-9-13(19(24)25-4-2)18(27-12)20-16(22)10-21-14-7-5-6-8-15(14)26-11-17(21)23/h5-9H,3-4,10-11H2,1-2H3,(H,20,22). The number of hydrogen-bond acceptors (Lipinski definition) is 6. The van der Waals surface area contributed by atoms with Crippen LogP contribution in [-0.4, -0.2) is 36.7 Å². The fourth-order valence-electron chi connectivity index (χ4n) is 2.71. The number of benzene rings is 1. The van der Waals surface area contributed by atoms with Gasteiger partial charge in [0.25, 0.3) is 0 Å². The zero-order valence-corrected chi connectivity index (χ0v) is 16.7. The number of anilines is 2. The van der Waals surface area contributed by atoms with E-state index in [1.807, 2.05) is 31.2 Å². The van der Waals surface area contributed by atoms with Gasteiger partial charge in [-0.05, 0) is 31.5 Å². The molecule has 0 saturated heterocycles. The normalized spacial score (nSPS) is 13.3. The molecule has 27 heavy (non-hydrogen) atoms. The first kappa shape index (κ1) is 19.4. The Balaban J connectivity index is 1.78. The van der Waals surface area contributed by atoms with Gasteiger partial charge in [0.2, 0.25) is 11.8 Å². The average Bonchev–Trinajstić information content (AvgIpc) is 3.07. The smallest absolute Gasteiger partial charge is 0.341 e. The Hall–Kier alpha value is -2.32. The molecule has 0 bridgehead atoms. The lowest BCUT2D eigenvalue weighted by Gasteiger charge is -2.28. The fourth-order valence-corrected chi connectivity index (χ4v) is 4.64. The zero-order chi connectivity index (χ0) is 19.4. The van der Waals surface area contributed by atoms with Gasteiger partial charge in [0.1, 0.15) is 11.5 Å². The van der Waals surface area contributed by atoms with Crippen LogP contribution in [0.5, 0.6) is 0 Å². The summed E-state index contributed by atoms with van der Waals surface area (Å²) in [7, 11) is 0. The minimum Gasteiger partial charge on any atom is -0.462 e. The quantitative estimate of drug-likeness (QED) is 0.745. The molecule has 2 aromatic rings. The molecule has 0 spiro atoms. The maximum atomic E-state index is 12.6. The van der Waals surface area contributed by atoms with Crippen molar-refractivity contribution < 1.29 is 19.1 Å². The number of nitrogens with zero attached hydrogens (tertiary/aromatic N) is 1. The summed E-state index contributed by atoms with van der Waals surface area (Å²) in [6.07, 6.45) is 0.752. The Kier molecular flexibility index (Phi) is 6.18. The van der Waals surface area contributed by atoms with Gasteiger partial charge in [-0.2, -0.15) is 0 Å². The Morgan fingerprint density at radius 2 is 2.04 bits per heavy atom. The molecule has 1 aromatic heterocycles. The van der Waals surface area contributed by atoms with Gasteiger partial charge in [-0.25, -0.2) is 4.79 Å². The van der Waals surface area contributed by atoms with Crippen molar-refractivity contribution in [3.63, 3.8) is 0 Å². The number of thiophene rings is 1. The van der Waals surface area contributed by atoms with Crippen molar-refractivity contribution in [3.05, 3.63) is 40.8 Å². The molecule has 1 aliphatic rings. The fraction of sp³-hybridized carbons (Fsp3) is 0.316. The number of hydrogen-bond donors (Lipinski definition) is 1. The van der Waals surface area contributed by atoms with Crippen LogP contribution in [0, 0.1) is 0 Å². The number of fused-ring (bicyclic) bond motifs is 1. The molecular formula is C19H20N2O4S2. The van der Waals surface area contributed by atoms with Gasteiger partial charge in [-0.1, -0.05) is 19.1 Å². The third-order valence-corrected chi connectivity index (χ3v) is 6.23. The predicted octanol–water partition coefficient (Wildman–Crippen LogP) is 3.56. The summed E-state index contributed by atoms with van der Waals surface area (Å²) in [4.78, 5) is 40.5. The topological polar surface area (TPSA) is 75.7 Å². The second kappa shape index (κ2) is 8.58. The number of nitrogens with one attached hydrogen (secondary N) is 1. The van der Waals surface area contributed by atoms with Gasteiger partial charge in [0.15, 0.2) is 0 Å². The van der Waals surface area contributed by atoms with E-state index in [0.29, 0.717) is 16.3 Å². The van der Waals surface area contributed by atoms with Gasteiger partial charge >= 0.3 is 5.97 Å². The van der Waals surface area contributed by atoms with Crippen LogP contribution in [-0.2, 0) is 20.7 Å².